The number of amides is 2. The maximum atomic E-state index is 14.6. The van der Waals surface area contributed by atoms with Crippen LogP contribution in [-0.2, 0) is 10.2 Å². The molecule has 212 valence electrons. The zero-order valence-electron chi connectivity index (χ0n) is 22.6. The van der Waals surface area contributed by atoms with E-state index in [9.17, 15) is 19.5 Å². The lowest BCUT2D eigenvalue weighted by molar-refractivity contribution is -1.11. The number of hydroxylamine groups is 3. The van der Waals surface area contributed by atoms with Crippen molar-refractivity contribution in [3.63, 3.8) is 0 Å². The van der Waals surface area contributed by atoms with Crippen molar-refractivity contribution in [2.45, 2.75) is 25.7 Å². The van der Waals surface area contributed by atoms with E-state index in [1.165, 1.54) is 6.07 Å². The first-order valence-electron chi connectivity index (χ1n) is 13.0. The topological polar surface area (TPSA) is 126 Å². The molecule has 1 saturated heterocycles. The molecule has 40 heavy (non-hydrogen) atoms. The maximum Gasteiger partial charge on any atom is 0.324 e. The summed E-state index contributed by atoms with van der Waals surface area (Å²) in [6, 6.07) is 12.4. The number of aromatic nitrogens is 1. The third kappa shape index (κ3) is 8.03. The molecule has 10 nitrogen and oxygen atoms in total. The number of benzene rings is 2. The van der Waals surface area contributed by atoms with E-state index in [1.807, 2.05) is 0 Å². The number of quaternary nitrogens is 1. The van der Waals surface area contributed by atoms with E-state index in [0.29, 0.717) is 68.6 Å². The van der Waals surface area contributed by atoms with Crippen molar-refractivity contribution in [1.82, 2.24) is 5.16 Å². The SMILES string of the molecule is CC(C)(CO)c1cc(NC(=O)Nc2ccc(C#Cc3ccc(OCCC[N+]4(O)CCOCC4)cc3F)cc2)no1. The molecule has 1 aromatic heterocycles. The molecule has 0 aliphatic carbocycles. The Morgan fingerprint density at radius 3 is 2.58 bits per heavy atom. The second kappa shape index (κ2) is 12.9. The lowest BCUT2D eigenvalue weighted by atomic mass is 9.92. The van der Waals surface area contributed by atoms with Gasteiger partial charge in [0, 0.05) is 35.2 Å². The predicted molar refractivity (Wildman–Crippen MR) is 146 cm³/mol. The van der Waals surface area contributed by atoms with Gasteiger partial charge in [-0.25, -0.2) is 14.4 Å². The second-order valence-corrected chi connectivity index (χ2v) is 10.2. The van der Waals surface area contributed by atoms with Crippen LogP contribution in [0.15, 0.2) is 53.1 Å². The Hall–Kier alpha value is -3.95. The number of nitrogens with one attached hydrogen (secondary N) is 2. The van der Waals surface area contributed by atoms with Crippen LogP contribution in [-0.4, -0.2) is 72.2 Å². The number of anilines is 2. The highest BCUT2D eigenvalue weighted by molar-refractivity contribution is 5.99. The van der Waals surface area contributed by atoms with Crippen molar-refractivity contribution in [1.29, 1.82) is 0 Å². The van der Waals surface area contributed by atoms with Gasteiger partial charge in [-0.15, -0.1) is 0 Å². The minimum absolute atomic E-state index is 0.0230. The van der Waals surface area contributed by atoms with Crippen LogP contribution in [0.5, 0.6) is 5.75 Å². The number of urea groups is 1. The van der Waals surface area contributed by atoms with E-state index >= 15 is 0 Å². The van der Waals surface area contributed by atoms with E-state index in [-0.39, 0.29) is 22.6 Å². The van der Waals surface area contributed by atoms with E-state index in [4.69, 9.17) is 14.0 Å². The van der Waals surface area contributed by atoms with Crippen LogP contribution in [0, 0.1) is 17.7 Å². The van der Waals surface area contributed by atoms with Gasteiger partial charge in [0.15, 0.2) is 5.82 Å². The van der Waals surface area contributed by atoms with E-state index in [1.54, 1.807) is 56.3 Å². The molecule has 1 aliphatic heterocycles. The fraction of sp³-hybridized carbons (Fsp3) is 0.379. The zero-order chi connectivity index (χ0) is 28.6. The highest BCUT2D eigenvalue weighted by Gasteiger charge is 2.28. The summed E-state index contributed by atoms with van der Waals surface area (Å²) in [7, 11) is 0. The number of nitrogens with zero attached hydrogens (tertiary/aromatic N) is 2. The second-order valence-electron chi connectivity index (χ2n) is 10.2. The Morgan fingerprint density at radius 1 is 1.12 bits per heavy atom. The first-order chi connectivity index (χ1) is 19.2. The van der Waals surface area contributed by atoms with Crippen LogP contribution in [0.4, 0.5) is 20.7 Å². The number of ether oxygens (including phenoxy) is 2. The van der Waals surface area contributed by atoms with E-state index < -0.39 is 17.3 Å². The number of carbonyl (C=O) groups excluding carboxylic acids is 1. The van der Waals surface area contributed by atoms with Crippen molar-refractivity contribution < 1.29 is 38.1 Å². The summed E-state index contributed by atoms with van der Waals surface area (Å²) >= 11 is 0. The highest BCUT2D eigenvalue weighted by atomic mass is 19.1. The van der Waals surface area contributed by atoms with Gasteiger partial charge < -0.3 is 24.4 Å². The quantitative estimate of drug-likeness (QED) is 0.178. The average molecular weight is 554 g/mol. The van der Waals surface area contributed by atoms with Gasteiger partial charge in [0.05, 0.1) is 32.0 Å². The molecule has 1 aliphatic rings. The minimum Gasteiger partial charge on any atom is -0.493 e. The molecule has 0 saturated carbocycles. The Kier molecular flexibility index (Phi) is 9.39. The van der Waals surface area contributed by atoms with Crippen LogP contribution in [0.3, 0.4) is 0 Å². The van der Waals surface area contributed by atoms with Crippen LogP contribution in [0.25, 0.3) is 0 Å². The molecule has 0 spiro atoms. The molecule has 0 radical (unpaired) electrons. The summed E-state index contributed by atoms with van der Waals surface area (Å²) < 4.78 is 30.7. The number of aliphatic hydroxyl groups is 1. The molecule has 0 unspecified atom stereocenters. The molecular weight excluding hydrogens is 519 g/mol. The Morgan fingerprint density at radius 2 is 1.88 bits per heavy atom. The Balaban J connectivity index is 1.25. The highest BCUT2D eigenvalue weighted by Crippen LogP contribution is 2.25. The number of carbonyl (C=O) groups is 1. The zero-order valence-corrected chi connectivity index (χ0v) is 22.6. The average Bonchev–Trinajstić information content (AvgIpc) is 3.41. The van der Waals surface area contributed by atoms with Crippen LogP contribution >= 0.6 is 0 Å². The molecule has 0 atom stereocenters. The van der Waals surface area contributed by atoms with Crippen molar-refractivity contribution >= 4 is 17.5 Å². The third-order valence-corrected chi connectivity index (χ3v) is 6.53. The lowest BCUT2D eigenvalue weighted by Crippen LogP contribution is -2.53. The van der Waals surface area contributed by atoms with Gasteiger partial charge in [-0.05, 0) is 36.4 Å². The number of rotatable bonds is 9. The smallest absolute Gasteiger partial charge is 0.324 e. The van der Waals surface area contributed by atoms with Crippen LogP contribution < -0.4 is 15.4 Å². The van der Waals surface area contributed by atoms with Gasteiger partial charge in [0.1, 0.15) is 37.0 Å². The van der Waals surface area contributed by atoms with Crippen molar-refractivity contribution in [3.8, 4) is 17.6 Å². The van der Waals surface area contributed by atoms with Gasteiger partial charge in [0.2, 0.25) is 0 Å². The predicted octanol–water partition coefficient (Wildman–Crippen LogP) is 4.13. The van der Waals surface area contributed by atoms with Crippen molar-refractivity contribution in [2.24, 2.45) is 0 Å². The fourth-order valence-electron chi connectivity index (χ4n) is 3.93. The fourth-order valence-corrected chi connectivity index (χ4v) is 3.93. The number of hydrogen-bond acceptors (Lipinski definition) is 7. The number of hydrogen-bond donors (Lipinski definition) is 4. The lowest BCUT2D eigenvalue weighted by Gasteiger charge is -2.33. The summed E-state index contributed by atoms with van der Waals surface area (Å²) in [4.78, 5) is 12.3. The molecule has 2 aromatic carbocycles. The summed E-state index contributed by atoms with van der Waals surface area (Å²) in [5, 5.41) is 28.9. The normalized spacial score (nSPS) is 14.6. The third-order valence-electron chi connectivity index (χ3n) is 6.53. The van der Waals surface area contributed by atoms with Gasteiger partial charge in [-0.2, -0.15) is 4.65 Å². The van der Waals surface area contributed by atoms with E-state index in [2.05, 4.69) is 27.6 Å². The molecule has 1 fully saturated rings. The molecule has 0 bridgehead atoms. The van der Waals surface area contributed by atoms with Crippen molar-refractivity contribution in [2.75, 3.05) is 56.7 Å². The standard InChI is InChI=1S/C29H33FN4O6/c1-29(2,20-35)26-19-27(33-40-26)32-28(36)31-23-9-5-21(6-10-23)4-7-22-8-11-24(18-25(22)30)39-15-3-12-34(37)13-16-38-17-14-34/h5-6,8-11,18-19,35,37H,3,12-17,20H2,1-2H3,(H-,31,32,33,36)/p+1. The summed E-state index contributed by atoms with van der Waals surface area (Å²) in [6.07, 6.45) is 0.635. The first kappa shape index (κ1) is 29.0. The van der Waals surface area contributed by atoms with Crippen LogP contribution in [0.1, 0.15) is 37.2 Å². The number of aliphatic hydroxyl groups excluding tert-OH is 1. The molecule has 4 rings (SSSR count). The summed E-state index contributed by atoms with van der Waals surface area (Å²) in [6.45, 7) is 6.60. The minimum atomic E-state index is -0.617. The maximum absolute atomic E-state index is 14.6. The van der Waals surface area contributed by atoms with Gasteiger partial charge in [-0.1, -0.05) is 30.8 Å². The Bertz CT molecular complexity index is 1360. The van der Waals surface area contributed by atoms with Crippen LogP contribution in [0.2, 0.25) is 0 Å². The molecule has 3 aromatic rings. The van der Waals surface area contributed by atoms with Gasteiger partial charge in [0.25, 0.3) is 0 Å². The molecule has 2 amide bonds. The van der Waals surface area contributed by atoms with E-state index in [0.717, 1.165) is 0 Å². The molecule has 11 heteroatoms. The summed E-state index contributed by atoms with van der Waals surface area (Å²) in [5.41, 5.74) is 0.785. The largest absolute Gasteiger partial charge is 0.493 e. The first-order valence-corrected chi connectivity index (χ1v) is 13.0. The molecule has 4 N–H and O–H groups in total. The Labute approximate surface area is 232 Å². The van der Waals surface area contributed by atoms with Crippen molar-refractivity contribution in [3.05, 3.63) is 71.2 Å². The van der Waals surface area contributed by atoms with Gasteiger partial charge in [-0.3, -0.25) is 5.32 Å². The molecule has 2 heterocycles. The van der Waals surface area contributed by atoms with Gasteiger partial charge >= 0.3 is 6.03 Å². The number of halogens is 1. The summed E-state index contributed by atoms with van der Waals surface area (Å²) in [5.74, 6) is 6.33. The monoisotopic (exact) mass is 553 g/mol. The molecular formula is C29H34FN4O6+. The number of morpholine rings is 1.